The minimum atomic E-state index is 0.185. The summed E-state index contributed by atoms with van der Waals surface area (Å²) < 4.78 is 0. The van der Waals surface area contributed by atoms with Gasteiger partial charge in [0.15, 0.2) is 0 Å². The van der Waals surface area contributed by atoms with Gasteiger partial charge in [-0.1, -0.05) is 19.8 Å². The van der Waals surface area contributed by atoms with Crippen LogP contribution in [0, 0.1) is 23.2 Å². The van der Waals surface area contributed by atoms with Crippen LogP contribution in [0.4, 0.5) is 0 Å². The molecule has 0 amide bonds. The Hall–Kier alpha value is -0.590. The lowest BCUT2D eigenvalue weighted by Gasteiger charge is -2.40. The molecule has 0 aromatic carbocycles. The highest BCUT2D eigenvalue weighted by Gasteiger charge is 2.38. The van der Waals surface area contributed by atoms with E-state index in [4.69, 9.17) is 0 Å². The van der Waals surface area contributed by atoms with Crippen molar-refractivity contribution in [3.05, 3.63) is 0 Å². The summed E-state index contributed by atoms with van der Waals surface area (Å²) in [5.41, 5.74) is 0. The van der Waals surface area contributed by atoms with E-state index in [2.05, 4.69) is 17.9 Å². The molecule has 1 aliphatic carbocycles. The maximum absolute atomic E-state index is 9.47. The predicted molar refractivity (Wildman–Crippen MR) is 72.0 cm³/mol. The lowest BCUT2D eigenvalue weighted by atomic mass is 9.76. The molecule has 0 aromatic heterocycles. The van der Waals surface area contributed by atoms with Gasteiger partial charge in [0.1, 0.15) is 0 Å². The van der Waals surface area contributed by atoms with Gasteiger partial charge in [-0.05, 0) is 44.6 Å². The predicted octanol–water partition coefficient (Wildman–Crippen LogP) is 2.55. The first-order valence-electron chi connectivity index (χ1n) is 7.56. The molecule has 0 aromatic rings. The van der Waals surface area contributed by atoms with Gasteiger partial charge < -0.3 is 5.11 Å². The molecule has 4 unspecified atom stereocenters. The fraction of sp³-hybridized carbons (Fsp3) is 0.933. The Morgan fingerprint density at radius 3 is 2.83 bits per heavy atom. The molecule has 0 radical (unpaired) electrons. The van der Waals surface area contributed by atoms with E-state index in [1.165, 1.54) is 32.1 Å². The van der Waals surface area contributed by atoms with Crippen LogP contribution in [0.15, 0.2) is 0 Å². The molecule has 102 valence electrons. The molecule has 3 heteroatoms. The van der Waals surface area contributed by atoms with E-state index in [1.54, 1.807) is 0 Å². The summed E-state index contributed by atoms with van der Waals surface area (Å²) in [5, 5.41) is 18.8. The van der Waals surface area contributed by atoms with Crippen LogP contribution in [-0.4, -0.2) is 35.2 Å². The van der Waals surface area contributed by atoms with Gasteiger partial charge in [-0.15, -0.1) is 0 Å². The molecule has 2 fully saturated rings. The fourth-order valence-corrected chi connectivity index (χ4v) is 3.91. The molecule has 1 aliphatic heterocycles. The van der Waals surface area contributed by atoms with E-state index in [0.29, 0.717) is 12.1 Å². The van der Waals surface area contributed by atoms with E-state index in [1.807, 2.05) is 0 Å². The van der Waals surface area contributed by atoms with Crippen LogP contribution in [0.5, 0.6) is 0 Å². The number of nitriles is 1. The molecule has 2 rings (SSSR count). The van der Waals surface area contributed by atoms with Gasteiger partial charge in [-0.2, -0.15) is 5.26 Å². The second-order valence-electron chi connectivity index (χ2n) is 5.99. The second kappa shape index (κ2) is 6.54. The normalized spacial score (nSPS) is 37.6. The minimum Gasteiger partial charge on any atom is -0.395 e. The molecular formula is C15H26N2O. The van der Waals surface area contributed by atoms with Gasteiger partial charge in [0.25, 0.3) is 0 Å². The topological polar surface area (TPSA) is 47.3 Å². The lowest BCUT2D eigenvalue weighted by Crippen LogP contribution is -2.47. The van der Waals surface area contributed by atoms with Crippen LogP contribution in [0.2, 0.25) is 0 Å². The van der Waals surface area contributed by atoms with Gasteiger partial charge in [-0.25, -0.2) is 0 Å². The molecule has 2 aliphatic rings. The van der Waals surface area contributed by atoms with Crippen LogP contribution in [0.1, 0.15) is 51.9 Å². The van der Waals surface area contributed by atoms with Gasteiger partial charge in [0.2, 0.25) is 0 Å². The third kappa shape index (κ3) is 2.87. The van der Waals surface area contributed by atoms with Crippen molar-refractivity contribution in [2.24, 2.45) is 11.8 Å². The maximum atomic E-state index is 9.47. The largest absolute Gasteiger partial charge is 0.395 e. The van der Waals surface area contributed by atoms with Crippen molar-refractivity contribution >= 4 is 0 Å². The average Bonchev–Trinajstić information content (AvgIpc) is 2.87. The highest BCUT2D eigenvalue weighted by molar-refractivity contribution is 5.00. The van der Waals surface area contributed by atoms with Crippen molar-refractivity contribution in [3.8, 4) is 6.07 Å². The van der Waals surface area contributed by atoms with Crippen molar-refractivity contribution in [3.63, 3.8) is 0 Å². The highest BCUT2D eigenvalue weighted by Crippen LogP contribution is 2.37. The van der Waals surface area contributed by atoms with Crippen molar-refractivity contribution < 1.29 is 5.11 Å². The zero-order chi connectivity index (χ0) is 13.0. The van der Waals surface area contributed by atoms with Crippen LogP contribution in [0.25, 0.3) is 0 Å². The summed E-state index contributed by atoms with van der Waals surface area (Å²) in [6.45, 7) is 3.58. The monoisotopic (exact) mass is 250 g/mol. The molecule has 1 heterocycles. The van der Waals surface area contributed by atoms with E-state index in [0.717, 1.165) is 25.3 Å². The van der Waals surface area contributed by atoms with Crippen molar-refractivity contribution in [1.29, 1.82) is 5.26 Å². The maximum Gasteiger partial charge on any atom is 0.0672 e. The Bertz CT molecular complexity index is 299. The quantitative estimate of drug-likeness (QED) is 0.834. The van der Waals surface area contributed by atoms with Crippen LogP contribution < -0.4 is 0 Å². The lowest BCUT2D eigenvalue weighted by molar-refractivity contribution is 0.0613. The van der Waals surface area contributed by atoms with Crippen molar-refractivity contribution in [2.45, 2.75) is 64.0 Å². The molecule has 1 N–H and O–H groups in total. The van der Waals surface area contributed by atoms with E-state index < -0.39 is 0 Å². The Morgan fingerprint density at radius 1 is 1.33 bits per heavy atom. The molecular weight excluding hydrogens is 224 g/mol. The standard InChI is InChI=1S/C15H26N2O/c1-2-4-12-6-7-13(10-16)15(9-12)17-8-3-5-14(17)11-18/h12-15,18H,2-9,11H2,1H3. The third-order valence-corrected chi connectivity index (χ3v) is 4.85. The number of likely N-dealkylation sites (tertiary alicyclic amines) is 1. The van der Waals surface area contributed by atoms with Gasteiger partial charge in [0, 0.05) is 12.1 Å². The Balaban J connectivity index is 2.04. The summed E-state index contributed by atoms with van der Waals surface area (Å²) in [6, 6.07) is 3.23. The summed E-state index contributed by atoms with van der Waals surface area (Å²) in [7, 11) is 0. The Morgan fingerprint density at radius 2 is 2.17 bits per heavy atom. The average molecular weight is 250 g/mol. The van der Waals surface area contributed by atoms with E-state index in [9.17, 15) is 10.4 Å². The minimum absolute atomic E-state index is 0.185. The molecule has 4 atom stereocenters. The van der Waals surface area contributed by atoms with Crippen LogP contribution in [0.3, 0.4) is 0 Å². The number of rotatable bonds is 4. The zero-order valence-corrected chi connectivity index (χ0v) is 11.5. The number of aliphatic hydroxyl groups is 1. The molecule has 3 nitrogen and oxygen atoms in total. The first-order chi connectivity index (χ1) is 8.80. The van der Waals surface area contributed by atoms with Crippen molar-refractivity contribution in [2.75, 3.05) is 13.2 Å². The summed E-state index contributed by atoms with van der Waals surface area (Å²) in [6.07, 6.45) is 8.27. The number of aliphatic hydroxyl groups excluding tert-OH is 1. The number of hydrogen-bond acceptors (Lipinski definition) is 3. The first-order valence-corrected chi connectivity index (χ1v) is 7.56. The van der Waals surface area contributed by atoms with Crippen LogP contribution >= 0.6 is 0 Å². The fourth-order valence-electron chi connectivity index (χ4n) is 3.91. The third-order valence-electron chi connectivity index (χ3n) is 4.85. The SMILES string of the molecule is CCCC1CCC(C#N)C(N2CCCC2CO)C1. The molecule has 1 saturated carbocycles. The second-order valence-corrected chi connectivity index (χ2v) is 5.99. The first kappa shape index (κ1) is 13.8. The molecule has 18 heavy (non-hydrogen) atoms. The van der Waals surface area contributed by atoms with E-state index >= 15 is 0 Å². The molecule has 0 spiro atoms. The Kier molecular flexibility index (Phi) is 5.03. The summed E-state index contributed by atoms with van der Waals surface area (Å²) >= 11 is 0. The summed E-state index contributed by atoms with van der Waals surface area (Å²) in [4.78, 5) is 2.44. The van der Waals surface area contributed by atoms with Gasteiger partial charge in [-0.3, -0.25) is 4.90 Å². The number of hydrogen-bond donors (Lipinski definition) is 1. The smallest absolute Gasteiger partial charge is 0.0672 e. The van der Waals surface area contributed by atoms with Gasteiger partial charge in [0.05, 0.1) is 18.6 Å². The summed E-state index contributed by atoms with van der Waals surface area (Å²) in [5.74, 6) is 0.981. The Labute approximate surface area is 111 Å². The number of nitrogens with zero attached hydrogens (tertiary/aromatic N) is 2. The van der Waals surface area contributed by atoms with Crippen molar-refractivity contribution in [1.82, 2.24) is 4.90 Å². The highest BCUT2D eigenvalue weighted by atomic mass is 16.3. The molecule has 0 bridgehead atoms. The zero-order valence-electron chi connectivity index (χ0n) is 11.5. The molecule has 1 saturated heterocycles. The van der Waals surface area contributed by atoms with Crippen LogP contribution in [-0.2, 0) is 0 Å². The van der Waals surface area contributed by atoms with E-state index in [-0.39, 0.29) is 12.5 Å². The van der Waals surface area contributed by atoms with Gasteiger partial charge >= 0.3 is 0 Å².